The van der Waals surface area contributed by atoms with E-state index in [1.165, 1.54) is 12.5 Å². The maximum Gasteiger partial charge on any atom is 0.421 e. The molecule has 1 aliphatic heterocycles. The molecule has 1 amide bonds. The van der Waals surface area contributed by atoms with Crippen molar-refractivity contribution in [3.8, 4) is 0 Å². The van der Waals surface area contributed by atoms with Crippen LogP contribution in [0.2, 0.25) is 0 Å². The molecule has 1 saturated heterocycles. The number of amides is 1. The smallest absolute Gasteiger partial charge is 0.421 e. The standard InChI is InChI=1S/C18H19F3N2O3/c19-18(20,21)13-6-4-9-22(17(13)25)12-16(24)23-10-3-1-2-7-14(23)15-8-5-11-26-15/h4-6,8-9,11,14H,1-3,7,10,12H2. The van der Waals surface area contributed by atoms with Crippen molar-refractivity contribution in [2.75, 3.05) is 6.54 Å². The minimum absolute atomic E-state index is 0.262. The van der Waals surface area contributed by atoms with Gasteiger partial charge >= 0.3 is 6.18 Å². The normalized spacial score (nSPS) is 18.6. The Morgan fingerprint density at radius 1 is 1.19 bits per heavy atom. The van der Waals surface area contributed by atoms with Crippen molar-refractivity contribution in [1.29, 1.82) is 0 Å². The van der Waals surface area contributed by atoms with E-state index in [0.29, 0.717) is 12.3 Å². The van der Waals surface area contributed by atoms with Gasteiger partial charge in [0.05, 0.1) is 12.3 Å². The van der Waals surface area contributed by atoms with E-state index < -0.39 is 29.8 Å². The average molecular weight is 368 g/mol. The van der Waals surface area contributed by atoms with Crippen LogP contribution in [0, 0.1) is 0 Å². The predicted molar refractivity (Wildman–Crippen MR) is 87.3 cm³/mol. The molecular formula is C18H19F3N2O3. The zero-order valence-corrected chi connectivity index (χ0v) is 14.0. The summed E-state index contributed by atoms with van der Waals surface area (Å²) >= 11 is 0. The number of halogens is 3. The molecule has 3 rings (SSSR count). The van der Waals surface area contributed by atoms with Gasteiger partial charge in [-0.25, -0.2) is 0 Å². The summed E-state index contributed by atoms with van der Waals surface area (Å²) < 4.78 is 45.0. The summed E-state index contributed by atoms with van der Waals surface area (Å²) in [5, 5.41) is 0. The number of hydrogen-bond donors (Lipinski definition) is 0. The SMILES string of the molecule is O=C(Cn1cccc(C(F)(F)F)c1=O)N1CCCCCC1c1ccco1. The van der Waals surface area contributed by atoms with Gasteiger partial charge in [0.1, 0.15) is 17.9 Å². The van der Waals surface area contributed by atoms with Gasteiger partial charge in [-0.2, -0.15) is 13.2 Å². The second-order valence-corrected chi connectivity index (χ2v) is 6.32. The van der Waals surface area contributed by atoms with Gasteiger partial charge < -0.3 is 13.9 Å². The largest absolute Gasteiger partial charge is 0.467 e. The summed E-state index contributed by atoms with van der Waals surface area (Å²) in [5.41, 5.74) is -2.48. The highest BCUT2D eigenvalue weighted by Gasteiger charge is 2.35. The lowest BCUT2D eigenvalue weighted by atomic mass is 10.1. The van der Waals surface area contributed by atoms with E-state index in [0.717, 1.165) is 42.4 Å². The molecule has 0 spiro atoms. The highest BCUT2D eigenvalue weighted by atomic mass is 19.4. The summed E-state index contributed by atoms with van der Waals surface area (Å²) in [6, 6.07) is 5.11. The second-order valence-electron chi connectivity index (χ2n) is 6.32. The molecule has 0 N–H and O–H groups in total. The third-order valence-electron chi connectivity index (χ3n) is 4.58. The van der Waals surface area contributed by atoms with Gasteiger partial charge in [0.25, 0.3) is 5.56 Å². The lowest BCUT2D eigenvalue weighted by Crippen LogP contribution is -2.39. The van der Waals surface area contributed by atoms with E-state index in [-0.39, 0.29) is 6.04 Å². The average Bonchev–Trinajstić information content (AvgIpc) is 3.00. The van der Waals surface area contributed by atoms with Crippen molar-refractivity contribution < 1.29 is 22.4 Å². The Labute approximate surface area is 148 Å². The van der Waals surface area contributed by atoms with Crippen LogP contribution >= 0.6 is 0 Å². The molecule has 0 aliphatic carbocycles. The van der Waals surface area contributed by atoms with Crippen molar-refractivity contribution in [2.45, 2.75) is 44.4 Å². The Morgan fingerprint density at radius 2 is 2.00 bits per heavy atom. The van der Waals surface area contributed by atoms with Crippen LogP contribution < -0.4 is 5.56 Å². The van der Waals surface area contributed by atoms with Crippen molar-refractivity contribution >= 4 is 5.91 Å². The van der Waals surface area contributed by atoms with E-state index >= 15 is 0 Å². The minimum Gasteiger partial charge on any atom is -0.467 e. The molecular weight excluding hydrogens is 349 g/mol. The fourth-order valence-corrected chi connectivity index (χ4v) is 3.30. The van der Waals surface area contributed by atoms with E-state index in [2.05, 4.69) is 0 Å². The van der Waals surface area contributed by atoms with Crippen LogP contribution in [0.1, 0.15) is 43.0 Å². The number of alkyl halides is 3. The van der Waals surface area contributed by atoms with Crippen molar-refractivity contribution in [3.05, 3.63) is 58.4 Å². The molecule has 0 bridgehead atoms. The molecule has 2 aromatic heterocycles. The van der Waals surface area contributed by atoms with Gasteiger partial charge in [0, 0.05) is 12.7 Å². The lowest BCUT2D eigenvalue weighted by molar-refractivity contribution is -0.140. The fourth-order valence-electron chi connectivity index (χ4n) is 3.30. The van der Waals surface area contributed by atoms with Crippen LogP contribution in [0.15, 0.2) is 45.9 Å². The second kappa shape index (κ2) is 7.39. The first-order chi connectivity index (χ1) is 12.4. The molecule has 1 aliphatic rings. The highest BCUT2D eigenvalue weighted by Crippen LogP contribution is 2.31. The predicted octanol–water partition coefficient (Wildman–Crippen LogP) is 3.60. The molecule has 26 heavy (non-hydrogen) atoms. The highest BCUT2D eigenvalue weighted by molar-refractivity contribution is 5.76. The summed E-state index contributed by atoms with van der Waals surface area (Å²) in [6.07, 6.45) is 1.40. The van der Waals surface area contributed by atoms with Crippen molar-refractivity contribution in [1.82, 2.24) is 9.47 Å². The van der Waals surface area contributed by atoms with Crippen LogP contribution in [-0.2, 0) is 17.5 Å². The molecule has 3 heterocycles. The van der Waals surface area contributed by atoms with E-state index in [4.69, 9.17) is 4.42 Å². The molecule has 5 nitrogen and oxygen atoms in total. The first kappa shape index (κ1) is 18.3. The maximum atomic E-state index is 12.9. The third kappa shape index (κ3) is 3.84. The number of aromatic nitrogens is 1. The van der Waals surface area contributed by atoms with Crippen LogP contribution in [0.4, 0.5) is 13.2 Å². The first-order valence-corrected chi connectivity index (χ1v) is 8.47. The number of carbonyl (C=O) groups is 1. The van der Waals surface area contributed by atoms with Gasteiger partial charge in [-0.05, 0) is 37.1 Å². The van der Waals surface area contributed by atoms with Crippen LogP contribution in [0.25, 0.3) is 0 Å². The number of hydrogen-bond acceptors (Lipinski definition) is 3. The molecule has 1 atom stereocenters. The number of pyridine rings is 1. The molecule has 140 valence electrons. The Kier molecular flexibility index (Phi) is 5.20. The number of carbonyl (C=O) groups excluding carboxylic acids is 1. The molecule has 8 heteroatoms. The number of likely N-dealkylation sites (tertiary alicyclic amines) is 1. The van der Waals surface area contributed by atoms with E-state index in [1.54, 1.807) is 17.0 Å². The molecule has 2 aromatic rings. The monoisotopic (exact) mass is 368 g/mol. The lowest BCUT2D eigenvalue weighted by Gasteiger charge is -2.29. The van der Waals surface area contributed by atoms with Crippen LogP contribution in [0.5, 0.6) is 0 Å². The topological polar surface area (TPSA) is 55.5 Å². The van der Waals surface area contributed by atoms with Gasteiger partial charge in [-0.1, -0.05) is 12.8 Å². The number of furan rings is 1. The Morgan fingerprint density at radius 3 is 2.69 bits per heavy atom. The Bertz CT molecular complexity index is 812. The van der Waals surface area contributed by atoms with Gasteiger partial charge in [-0.3, -0.25) is 9.59 Å². The summed E-state index contributed by atoms with van der Waals surface area (Å²) in [5.74, 6) is 0.256. The first-order valence-electron chi connectivity index (χ1n) is 8.47. The molecule has 0 radical (unpaired) electrons. The quantitative estimate of drug-likeness (QED) is 0.832. The molecule has 1 unspecified atom stereocenters. The fraction of sp³-hybridized carbons (Fsp3) is 0.444. The maximum absolute atomic E-state index is 12.9. The molecule has 0 aromatic carbocycles. The third-order valence-corrected chi connectivity index (χ3v) is 4.58. The summed E-state index contributed by atoms with van der Waals surface area (Å²) in [4.78, 5) is 26.5. The van der Waals surface area contributed by atoms with Crippen LogP contribution in [-0.4, -0.2) is 21.9 Å². The number of nitrogens with zero attached hydrogens (tertiary/aromatic N) is 2. The van der Waals surface area contributed by atoms with E-state index in [1.807, 2.05) is 0 Å². The Hall–Kier alpha value is -2.51. The van der Waals surface area contributed by atoms with Gasteiger partial charge in [0.2, 0.25) is 5.91 Å². The van der Waals surface area contributed by atoms with Gasteiger partial charge in [-0.15, -0.1) is 0 Å². The molecule has 0 saturated carbocycles. The van der Waals surface area contributed by atoms with E-state index in [9.17, 15) is 22.8 Å². The zero-order valence-electron chi connectivity index (χ0n) is 14.0. The summed E-state index contributed by atoms with van der Waals surface area (Å²) in [6.45, 7) is 0.0534. The minimum atomic E-state index is -4.75. The number of rotatable bonds is 3. The summed E-state index contributed by atoms with van der Waals surface area (Å²) in [7, 11) is 0. The van der Waals surface area contributed by atoms with Gasteiger partial charge in [0.15, 0.2) is 0 Å². The Balaban J connectivity index is 1.85. The molecule has 1 fully saturated rings. The van der Waals surface area contributed by atoms with Crippen LogP contribution in [0.3, 0.4) is 0 Å². The van der Waals surface area contributed by atoms with Crippen molar-refractivity contribution in [3.63, 3.8) is 0 Å². The van der Waals surface area contributed by atoms with Crippen molar-refractivity contribution in [2.24, 2.45) is 0 Å². The zero-order chi connectivity index (χ0) is 18.7.